The lowest BCUT2D eigenvalue weighted by molar-refractivity contribution is -0.141. The van der Waals surface area contributed by atoms with Crippen molar-refractivity contribution >= 4 is 28.4 Å². The van der Waals surface area contributed by atoms with Crippen molar-refractivity contribution in [1.29, 1.82) is 0 Å². The monoisotopic (exact) mass is 725 g/mol. The molecule has 1 aromatic heterocycles. The lowest BCUT2D eigenvalue weighted by Gasteiger charge is -2.31. The topological polar surface area (TPSA) is 63.1 Å². The van der Waals surface area contributed by atoms with Gasteiger partial charge in [-0.3, -0.25) is 9.59 Å². The zero-order valence-electron chi connectivity index (χ0n) is 28.2. The van der Waals surface area contributed by atoms with Crippen molar-refractivity contribution in [3.8, 4) is 22.3 Å². The minimum atomic E-state index is -4.56. The number of amides is 2. The highest BCUT2D eigenvalue weighted by Crippen LogP contribution is 2.51. The number of hydrogen-bond donors (Lipinski definition) is 2. The molecule has 1 aliphatic carbocycles. The minimum Gasteiger partial charge on any atom is -0.347 e. The molecule has 7 rings (SSSR count). The molecule has 11 heteroatoms. The summed E-state index contributed by atoms with van der Waals surface area (Å²) >= 11 is 0. The third kappa shape index (κ3) is 6.91. The van der Waals surface area contributed by atoms with Crippen LogP contribution in [0.25, 0.3) is 33.2 Å². The summed E-state index contributed by atoms with van der Waals surface area (Å²) in [4.78, 5) is 27.4. The summed E-state index contributed by atoms with van der Waals surface area (Å²) in [6, 6.07) is 33.5. The standard InChI is InChI=1S/C42H33F6N3O2/c43-41(44,45)26-49-39(53)40(34-14-5-3-11-30(34)31-12-4-6-15-35(31)40)23-7-8-24-51-25-22-33-36(16-9-17-37(33)51)50-38(52)32-13-2-1-10-29(32)27-18-20-28(21-19-27)42(46,47)48/h1-6,9-22,25H,7-8,23-24,26H2,(H,49,53)(H,50,52). The van der Waals surface area contributed by atoms with Crippen LogP contribution in [0.15, 0.2) is 128 Å². The number of rotatable bonds is 10. The zero-order valence-corrected chi connectivity index (χ0v) is 28.2. The Labute approximate surface area is 301 Å². The first kappa shape index (κ1) is 35.6. The van der Waals surface area contributed by atoms with E-state index in [4.69, 9.17) is 0 Å². The van der Waals surface area contributed by atoms with E-state index in [1.54, 1.807) is 42.5 Å². The van der Waals surface area contributed by atoms with Crippen LogP contribution in [0.2, 0.25) is 0 Å². The van der Waals surface area contributed by atoms with Gasteiger partial charge in [0.25, 0.3) is 5.91 Å². The second-order valence-corrected chi connectivity index (χ2v) is 13.1. The molecule has 0 bridgehead atoms. The van der Waals surface area contributed by atoms with Crippen LogP contribution in [-0.2, 0) is 22.9 Å². The molecular weight excluding hydrogens is 692 g/mol. The average molecular weight is 726 g/mol. The van der Waals surface area contributed by atoms with Crippen LogP contribution in [-0.4, -0.2) is 29.1 Å². The number of anilines is 1. The van der Waals surface area contributed by atoms with Crippen molar-refractivity contribution in [1.82, 2.24) is 9.88 Å². The van der Waals surface area contributed by atoms with Gasteiger partial charge in [0.05, 0.1) is 16.8 Å². The molecular formula is C42H33F6N3O2. The van der Waals surface area contributed by atoms with Crippen molar-refractivity contribution in [2.24, 2.45) is 0 Å². The highest BCUT2D eigenvalue weighted by molar-refractivity contribution is 6.12. The quantitative estimate of drug-likeness (QED) is 0.109. The number of nitrogens with one attached hydrogen (secondary N) is 2. The van der Waals surface area contributed by atoms with Crippen molar-refractivity contribution in [2.45, 2.75) is 43.6 Å². The molecule has 2 amide bonds. The molecule has 0 saturated heterocycles. The molecule has 2 N–H and O–H groups in total. The van der Waals surface area contributed by atoms with E-state index in [1.165, 1.54) is 12.1 Å². The Hall–Kier alpha value is -5.84. The molecule has 5 nitrogen and oxygen atoms in total. The maximum atomic E-state index is 13.8. The molecule has 0 spiro atoms. The largest absolute Gasteiger partial charge is 0.416 e. The molecule has 5 aromatic carbocycles. The maximum Gasteiger partial charge on any atom is 0.416 e. The van der Waals surface area contributed by atoms with E-state index in [-0.39, 0.29) is 0 Å². The predicted octanol–water partition coefficient (Wildman–Crippen LogP) is 10.4. The van der Waals surface area contributed by atoms with Crippen LogP contribution in [0, 0.1) is 0 Å². The Balaban J connectivity index is 1.09. The molecule has 0 aliphatic heterocycles. The van der Waals surface area contributed by atoms with E-state index in [0.717, 1.165) is 34.2 Å². The van der Waals surface area contributed by atoms with Crippen molar-refractivity contribution < 1.29 is 35.9 Å². The summed E-state index contributed by atoms with van der Waals surface area (Å²) in [6.07, 6.45) is -5.71. The van der Waals surface area contributed by atoms with Crippen molar-refractivity contribution in [2.75, 3.05) is 11.9 Å². The van der Waals surface area contributed by atoms with Crippen LogP contribution < -0.4 is 10.6 Å². The van der Waals surface area contributed by atoms with E-state index in [9.17, 15) is 35.9 Å². The number of aryl methyl sites for hydroxylation is 1. The smallest absolute Gasteiger partial charge is 0.347 e. The van der Waals surface area contributed by atoms with Crippen LogP contribution in [0.1, 0.15) is 46.3 Å². The van der Waals surface area contributed by atoms with Crippen molar-refractivity contribution in [3.63, 3.8) is 0 Å². The number of carbonyl (C=O) groups excluding carboxylic acids is 2. The third-order valence-corrected chi connectivity index (χ3v) is 9.86. The maximum absolute atomic E-state index is 13.8. The number of aromatic nitrogens is 1. The summed E-state index contributed by atoms with van der Waals surface area (Å²) in [7, 11) is 0. The Morgan fingerprint density at radius 1 is 0.660 bits per heavy atom. The number of fused-ring (bicyclic) bond motifs is 4. The van der Waals surface area contributed by atoms with Crippen LogP contribution in [0.5, 0.6) is 0 Å². The number of alkyl halides is 6. The summed E-state index contributed by atoms with van der Waals surface area (Å²) < 4.78 is 81.2. The average Bonchev–Trinajstić information content (AvgIpc) is 3.70. The van der Waals surface area contributed by atoms with E-state index in [1.807, 2.05) is 65.4 Å². The lowest BCUT2D eigenvalue weighted by Crippen LogP contribution is -2.47. The van der Waals surface area contributed by atoms with Gasteiger partial charge in [-0.15, -0.1) is 0 Å². The van der Waals surface area contributed by atoms with Gasteiger partial charge in [-0.05, 0) is 89.0 Å². The van der Waals surface area contributed by atoms with Gasteiger partial charge in [0.2, 0.25) is 5.91 Å². The van der Waals surface area contributed by atoms with Gasteiger partial charge >= 0.3 is 12.4 Å². The molecule has 0 radical (unpaired) electrons. The fraction of sp³-hybridized carbons (Fsp3) is 0.190. The number of nitrogens with zero attached hydrogens (tertiary/aromatic N) is 1. The highest BCUT2D eigenvalue weighted by Gasteiger charge is 2.49. The molecule has 1 heterocycles. The normalized spacial score (nSPS) is 13.4. The van der Waals surface area contributed by atoms with Gasteiger partial charge in [-0.2, -0.15) is 26.3 Å². The van der Waals surface area contributed by atoms with E-state index in [0.29, 0.717) is 59.3 Å². The zero-order chi connectivity index (χ0) is 37.4. The van der Waals surface area contributed by atoms with E-state index >= 15 is 0 Å². The third-order valence-electron chi connectivity index (χ3n) is 9.86. The first-order valence-electron chi connectivity index (χ1n) is 17.1. The molecule has 0 unspecified atom stereocenters. The first-order chi connectivity index (χ1) is 25.4. The summed E-state index contributed by atoms with van der Waals surface area (Å²) in [5.41, 5.74) is 3.62. The number of halogens is 6. The summed E-state index contributed by atoms with van der Waals surface area (Å²) in [6.45, 7) is -0.881. The number of carbonyl (C=O) groups is 2. The van der Waals surface area contributed by atoms with E-state index in [2.05, 4.69) is 10.6 Å². The number of unbranched alkanes of at least 4 members (excludes halogenated alkanes) is 1. The van der Waals surface area contributed by atoms with E-state index < -0.39 is 41.7 Å². The van der Waals surface area contributed by atoms with Gasteiger partial charge in [0, 0.05) is 23.7 Å². The van der Waals surface area contributed by atoms with Crippen LogP contribution in [0.3, 0.4) is 0 Å². The van der Waals surface area contributed by atoms with Gasteiger partial charge in [0.1, 0.15) is 12.0 Å². The molecule has 270 valence electrons. The van der Waals surface area contributed by atoms with Crippen molar-refractivity contribution in [3.05, 3.63) is 150 Å². The van der Waals surface area contributed by atoms with Crippen LogP contribution >= 0.6 is 0 Å². The predicted molar refractivity (Wildman–Crippen MR) is 192 cm³/mol. The van der Waals surface area contributed by atoms with Gasteiger partial charge in [-0.1, -0.05) is 84.9 Å². The molecule has 0 atom stereocenters. The molecule has 53 heavy (non-hydrogen) atoms. The molecule has 0 fully saturated rings. The Morgan fingerprint density at radius 2 is 1.28 bits per heavy atom. The summed E-state index contributed by atoms with van der Waals surface area (Å²) in [5.74, 6) is -1.11. The lowest BCUT2D eigenvalue weighted by atomic mass is 9.73. The Kier molecular flexibility index (Phi) is 9.36. The number of benzene rings is 5. The molecule has 1 aliphatic rings. The Morgan fingerprint density at radius 3 is 1.92 bits per heavy atom. The first-order valence-corrected chi connectivity index (χ1v) is 17.1. The minimum absolute atomic E-state index is 0.295. The van der Waals surface area contributed by atoms with Gasteiger partial charge in [0.15, 0.2) is 0 Å². The van der Waals surface area contributed by atoms with Gasteiger partial charge in [-0.25, -0.2) is 0 Å². The SMILES string of the molecule is O=C(Nc1cccc2c1ccn2CCCCC1(C(=O)NCC(F)(F)F)c2ccccc2-c2ccccc21)c1ccccc1-c1ccc(C(F)(F)F)cc1. The molecule has 0 saturated carbocycles. The second-order valence-electron chi connectivity index (χ2n) is 13.1. The highest BCUT2D eigenvalue weighted by atomic mass is 19.4. The number of hydrogen-bond acceptors (Lipinski definition) is 2. The second kappa shape index (κ2) is 13.9. The fourth-order valence-corrected chi connectivity index (χ4v) is 7.45. The summed E-state index contributed by atoms with van der Waals surface area (Å²) in [5, 5.41) is 5.91. The molecule has 6 aromatic rings. The Bertz CT molecular complexity index is 2260. The van der Waals surface area contributed by atoms with Gasteiger partial charge < -0.3 is 15.2 Å². The van der Waals surface area contributed by atoms with Crippen LogP contribution in [0.4, 0.5) is 32.0 Å². The fourth-order valence-electron chi connectivity index (χ4n) is 7.45.